The smallest absolute Gasteiger partial charge is 0.139 e. The highest BCUT2D eigenvalue weighted by Gasteiger charge is 2.43. The van der Waals surface area contributed by atoms with E-state index in [1.165, 1.54) is 6.07 Å². The maximum atomic E-state index is 13.7. The van der Waals surface area contributed by atoms with E-state index in [9.17, 15) is 8.60 Å². The van der Waals surface area contributed by atoms with Crippen molar-refractivity contribution in [3.8, 4) is 0 Å². The molecule has 104 valence electrons. The first-order chi connectivity index (χ1) is 9.20. The Labute approximate surface area is 114 Å². The minimum absolute atomic E-state index is 0.0488. The number of hydrogen-bond donors (Lipinski definition) is 0. The molecule has 0 N–H and O–H groups in total. The third kappa shape index (κ3) is 2.59. The molecule has 1 aromatic carbocycles. The third-order valence-electron chi connectivity index (χ3n) is 3.87. The van der Waals surface area contributed by atoms with Gasteiger partial charge in [0.2, 0.25) is 0 Å². The molecule has 0 saturated carbocycles. The van der Waals surface area contributed by atoms with Gasteiger partial charge < -0.3 is 9.47 Å². The fraction of sp³-hybridized carbons (Fsp3) is 0.571. The van der Waals surface area contributed by atoms with Crippen molar-refractivity contribution in [2.75, 3.05) is 19.8 Å². The minimum Gasteiger partial charge on any atom is -0.378 e. The van der Waals surface area contributed by atoms with Crippen LogP contribution in [0.1, 0.15) is 19.3 Å². The second kappa shape index (κ2) is 5.31. The minimum atomic E-state index is -1.31. The normalized spacial score (nSPS) is 32.6. The van der Waals surface area contributed by atoms with Crippen LogP contribution in [0.25, 0.3) is 0 Å². The van der Waals surface area contributed by atoms with E-state index >= 15 is 0 Å². The molecule has 19 heavy (non-hydrogen) atoms. The zero-order chi connectivity index (χ0) is 13.3. The first kappa shape index (κ1) is 13.2. The topological polar surface area (TPSA) is 35.5 Å². The van der Waals surface area contributed by atoms with Crippen molar-refractivity contribution in [2.45, 2.75) is 35.0 Å². The van der Waals surface area contributed by atoms with Crippen LogP contribution in [0.3, 0.4) is 0 Å². The summed E-state index contributed by atoms with van der Waals surface area (Å²) in [5.41, 5.74) is -0.288. The number of hydrogen-bond acceptors (Lipinski definition) is 3. The Bertz CT molecular complexity index is 485. The van der Waals surface area contributed by atoms with Gasteiger partial charge in [0.05, 0.1) is 27.9 Å². The molecule has 0 aliphatic carbocycles. The van der Waals surface area contributed by atoms with Crippen LogP contribution in [-0.2, 0) is 20.3 Å². The van der Waals surface area contributed by atoms with Gasteiger partial charge in [0.15, 0.2) is 0 Å². The molecule has 0 aromatic heterocycles. The van der Waals surface area contributed by atoms with Crippen molar-refractivity contribution in [2.24, 2.45) is 0 Å². The van der Waals surface area contributed by atoms with Gasteiger partial charge in [-0.3, -0.25) is 4.21 Å². The molecule has 3 unspecified atom stereocenters. The third-order valence-corrected chi connectivity index (χ3v) is 5.64. The van der Waals surface area contributed by atoms with E-state index in [0.29, 0.717) is 37.6 Å². The van der Waals surface area contributed by atoms with Gasteiger partial charge in [-0.2, -0.15) is 0 Å². The highest BCUT2D eigenvalue weighted by molar-refractivity contribution is 7.85. The van der Waals surface area contributed by atoms with E-state index in [1.54, 1.807) is 18.2 Å². The Hall–Kier alpha value is -0.780. The Balaban J connectivity index is 1.78. The largest absolute Gasteiger partial charge is 0.378 e. The van der Waals surface area contributed by atoms with Crippen LogP contribution in [0.4, 0.5) is 4.39 Å². The fourth-order valence-electron chi connectivity index (χ4n) is 2.82. The molecule has 2 saturated heterocycles. The van der Waals surface area contributed by atoms with Crippen molar-refractivity contribution in [3.05, 3.63) is 30.1 Å². The van der Waals surface area contributed by atoms with Crippen molar-refractivity contribution in [1.82, 2.24) is 0 Å². The van der Waals surface area contributed by atoms with Crippen molar-refractivity contribution < 1.29 is 18.1 Å². The van der Waals surface area contributed by atoms with Gasteiger partial charge in [-0.25, -0.2) is 4.39 Å². The summed E-state index contributed by atoms with van der Waals surface area (Å²) in [5.74, 6) is -0.385. The summed E-state index contributed by atoms with van der Waals surface area (Å²) in [6.45, 7) is 1.84. The van der Waals surface area contributed by atoms with E-state index in [4.69, 9.17) is 9.47 Å². The van der Waals surface area contributed by atoms with Crippen molar-refractivity contribution in [3.63, 3.8) is 0 Å². The Kier molecular flexibility index (Phi) is 3.69. The Morgan fingerprint density at radius 3 is 2.89 bits per heavy atom. The molecule has 3 atom stereocenters. The van der Waals surface area contributed by atoms with E-state index < -0.39 is 10.8 Å². The summed E-state index contributed by atoms with van der Waals surface area (Å²) >= 11 is 0. The lowest BCUT2D eigenvalue weighted by Gasteiger charge is -2.36. The lowest BCUT2D eigenvalue weighted by Crippen LogP contribution is -2.43. The quantitative estimate of drug-likeness (QED) is 0.836. The Morgan fingerprint density at radius 2 is 2.16 bits per heavy atom. The first-order valence-electron chi connectivity index (χ1n) is 6.57. The van der Waals surface area contributed by atoms with Crippen LogP contribution in [0.5, 0.6) is 0 Å². The molecular formula is C14H17FO3S. The zero-order valence-corrected chi connectivity index (χ0v) is 11.5. The Morgan fingerprint density at radius 1 is 1.32 bits per heavy atom. The molecule has 0 radical (unpaired) electrons. The molecule has 0 bridgehead atoms. The molecule has 1 aromatic rings. The summed E-state index contributed by atoms with van der Waals surface area (Å²) < 4.78 is 37.5. The summed E-state index contributed by atoms with van der Waals surface area (Å²) in [7, 11) is -1.31. The molecule has 0 amide bonds. The van der Waals surface area contributed by atoms with E-state index in [0.717, 1.165) is 6.42 Å². The zero-order valence-electron chi connectivity index (χ0n) is 10.6. The van der Waals surface area contributed by atoms with Gasteiger partial charge in [0.25, 0.3) is 0 Å². The average molecular weight is 284 g/mol. The van der Waals surface area contributed by atoms with Gasteiger partial charge in [-0.05, 0) is 25.0 Å². The SMILES string of the molecule is O=S(c1ccccc1F)C1CCOC2(CCOC2)C1. The molecule has 3 rings (SSSR count). The van der Waals surface area contributed by atoms with Crippen molar-refractivity contribution >= 4 is 10.8 Å². The van der Waals surface area contributed by atoms with Crippen LogP contribution in [0.2, 0.25) is 0 Å². The second-order valence-corrected chi connectivity index (χ2v) is 6.88. The number of rotatable bonds is 2. The van der Waals surface area contributed by atoms with Crippen molar-refractivity contribution in [1.29, 1.82) is 0 Å². The van der Waals surface area contributed by atoms with Crippen LogP contribution in [0, 0.1) is 5.82 Å². The van der Waals surface area contributed by atoms with E-state index in [-0.39, 0.29) is 16.7 Å². The lowest BCUT2D eigenvalue weighted by atomic mass is 9.93. The molecule has 2 aliphatic heterocycles. The van der Waals surface area contributed by atoms with Crippen LogP contribution in [0.15, 0.2) is 29.2 Å². The van der Waals surface area contributed by atoms with Gasteiger partial charge in [0, 0.05) is 24.9 Å². The average Bonchev–Trinajstić information content (AvgIpc) is 2.86. The predicted octanol–water partition coefficient (Wildman–Crippen LogP) is 2.27. The first-order valence-corrected chi connectivity index (χ1v) is 7.78. The molecule has 5 heteroatoms. The maximum Gasteiger partial charge on any atom is 0.139 e. The molecule has 2 fully saturated rings. The highest BCUT2D eigenvalue weighted by Crippen LogP contribution is 2.36. The molecule has 2 heterocycles. The number of halogens is 1. The van der Waals surface area contributed by atoms with E-state index in [1.807, 2.05) is 0 Å². The predicted molar refractivity (Wildman–Crippen MR) is 69.9 cm³/mol. The summed E-state index contributed by atoms with van der Waals surface area (Å²) in [6.07, 6.45) is 2.24. The summed E-state index contributed by atoms with van der Waals surface area (Å²) in [6, 6.07) is 6.32. The monoisotopic (exact) mass is 284 g/mol. The van der Waals surface area contributed by atoms with Crippen LogP contribution in [-0.4, -0.2) is 34.9 Å². The molecule has 2 aliphatic rings. The molecular weight excluding hydrogens is 267 g/mol. The molecule has 3 nitrogen and oxygen atoms in total. The maximum absolute atomic E-state index is 13.7. The summed E-state index contributed by atoms with van der Waals surface area (Å²) in [5, 5.41) is -0.0488. The van der Waals surface area contributed by atoms with Gasteiger partial charge in [-0.1, -0.05) is 12.1 Å². The molecule has 1 spiro atoms. The number of ether oxygens (including phenoxy) is 2. The van der Waals surface area contributed by atoms with Gasteiger partial charge in [0.1, 0.15) is 5.82 Å². The second-order valence-electron chi connectivity index (χ2n) is 5.18. The van der Waals surface area contributed by atoms with Crippen LogP contribution < -0.4 is 0 Å². The standard InChI is InChI=1S/C14H17FO3S/c15-12-3-1-2-4-13(12)19(16)11-5-7-18-14(9-11)6-8-17-10-14/h1-4,11H,5-10H2. The number of benzene rings is 1. The van der Waals surface area contributed by atoms with E-state index in [2.05, 4.69) is 0 Å². The van der Waals surface area contributed by atoms with Crippen LogP contribution >= 0.6 is 0 Å². The highest BCUT2D eigenvalue weighted by atomic mass is 32.2. The van der Waals surface area contributed by atoms with Gasteiger partial charge in [-0.15, -0.1) is 0 Å². The fourth-order valence-corrected chi connectivity index (χ4v) is 4.41. The summed E-state index contributed by atoms with van der Waals surface area (Å²) in [4.78, 5) is 0.309. The van der Waals surface area contributed by atoms with Gasteiger partial charge >= 0.3 is 0 Å². The lowest BCUT2D eigenvalue weighted by molar-refractivity contribution is -0.0774.